The summed E-state index contributed by atoms with van der Waals surface area (Å²) < 4.78 is 13.1. The van der Waals surface area contributed by atoms with Crippen molar-refractivity contribution in [3.05, 3.63) is 35.6 Å². The molecule has 1 aromatic carbocycles. The molecule has 1 aliphatic heterocycles. The van der Waals surface area contributed by atoms with Gasteiger partial charge in [0, 0.05) is 18.5 Å². The number of carbonyl (C=O) groups is 2. The molecule has 1 unspecified atom stereocenters. The first-order valence-electron chi connectivity index (χ1n) is 6.63. The molecule has 0 aromatic heterocycles. The lowest BCUT2D eigenvalue weighted by molar-refractivity contribution is -0.130. The monoisotopic (exact) mass is 263 g/mol. The summed E-state index contributed by atoms with van der Waals surface area (Å²) in [6, 6.07) is 5.61. The Hall–Kier alpha value is -1.71. The van der Waals surface area contributed by atoms with Crippen LogP contribution in [0.15, 0.2) is 24.3 Å². The Morgan fingerprint density at radius 3 is 2.95 bits per heavy atom. The summed E-state index contributed by atoms with van der Waals surface area (Å²) in [7, 11) is 0. The van der Waals surface area contributed by atoms with E-state index in [1.54, 1.807) is 11.0 Å². The molecule has 1 aliphatic rings. The number of halogens is 1. The Morgan fingerprint density at radius 2 is 2.21 bits per heavy atom. The van der Waals surface area contributed by atoms with Crippen LogP contribution >= 0.6 is 0 Å². The summed E-state index contributed by atoms with van der Waals surface area (Å²) >= 11 is 0. The fourth-order valence-corrected chi connectivity index (χ4v) is 2.27. The summed E-state index contributed by atoms with van der Waals surface area (Å²) in [4.78, 5) is 25.5. The summed E-state index contributed by atoms with van der Waals surface area (Å²) in [5.41, 5.74) is 0.324. The van der Waals surface area contributed by atoms with Crippen molar-refractivity contribution in [1.82, 2.24) is 4.90 Å². The van der Waals surface area contributed by atoms with Crippen molar-refractivity contribution in [2.45, 2.75) is 26.2 Å². The molecule has 0 radical (unpaired) electrons. The third-order valence-electron chi connectivity index (χ3n) is 3.58. The van der Waals surface area contributed by atoms with E-state index < -0.39 is 5.82 Å². The SMILES string of the molecule is CC1CCC(=O)N(CC(=O)c2cccc(F)c2)CC1. The van der Waals surface area contributed by atoms with Gasteiger partial charge in [0.15, 0.2) is 5.78 Å². The van der Waals surface area contributed by atoms with E-state index in [0.717, 1.165) is 12.8 Å². The van der Waals surface area contributed by atoms with E-state index in [9.17, 15) is 14.0 Å². The standard InChI is InChI=1S/C15H18FNO2/c1-11-5-6-15(19)17(8-7-11)10-14(18)12-3-2-4-13(16)9-12/h2-4,9,11H,5-8,10H2,1H3. The van der Waals surface area contributed by atoms with Gasteiger partial charge in [-0.3, -0.25) is 9.59 Å². The highest BCUT2D eigenvalue weighted by Gasteiger charge is 2.22. The van der Waals surface area contributed by atoms with E-state index in [1.807, 2.05) is 0 Å². The molecule has 0 bridgehead atoms. The zero-order chi connectivity index (χ0) is 13.8. The zero-order valence-corrected chi connectivity index (χ0v) is 11.1. The third-order valence-corrected chi connectivity index (χ3v) is 3.58. The van der Waals surface area contributed by atoms with Gasteiger partial charge in [0.25, 0.3) is 0 Å². The molecular weight excluding hydrogens is 245 g/mol. The van der Waals surface area contributed by atoms with Crippen LogP contribution in [0.4, 0.5) is 4.39 Å². The lowest BCUT2D eigenvalue weighted by atomic mass is 10.0. The number of hydrogen-bond acceptors (Lipinski definition) is 2. The number of hydrogen-bond donors (Lipinski definition) is 0. The third kappa shape index (κ3) is 3.63. The van der Waals surface area contributed by atoms with E-state index in [1.165, 1.54) is 18.2 Å². The van der Waals surface area contributed by atoms with Crippen LogP contribution in [0.25, 0.3) is 0 Å². The van der Waals surface area contributed by atoms with E-state index >= 15 is 0 Å². The molecule has 0 N–H and O–H groups in total. The highest BCUT2D eigenvalue weighted by Crippen LogP contribution is 2.18. The van der Waals surface area contributed by atoms with Crippen molar-refractivity contribution in [2.75, 3.05) is 13.1 Å². The zero-order valence-electron chi connectivity index (χ0n) is 11.1. The molecule has 19 heavy (non-hydrogen) atoms. The lowest BCUT2D eigenvalue weighted by Gasteiger charge is -2.19. The van der Waals surface area contributed by atoms with Crippen LogP contribution in [-0.4, -0.2) is 29.7 Å². The molecule has 0 saturated carbocycles. The van der Waals surface area contributed by atoms with E-state index in [-0.39, 0.29) is 18.2 Å². The second kappa shape index (κ2) is 5.95. The van der Waals surface area contributed by atoms with Crippen molar-refractivity contribution in [3.8, 4) is 0 Å². The molecule has 102 valence electrons. The Morgan fingerprint density at radius 1 is 1.42 bits per heavy atom. The minimum Gasteiger partial charge on any atom is -0.335 e. The number of Topliss-reactive ketones (excluding diaryl/α,β-unsaturated/α-hetero) is 1. The Kier molecular flexibility index (Phi) is 4.30. The van der Waals surface area contributed by atoms with Gasteiger partial charge in [-0.1, -0.05) is 19.1 Å². The van der Waals surface area contributed by atoms with Crippen molar-refractivity contribution in [2.24, 2.45) is 5.92 Å². The van der Waals surface area contributed by atoms with Gasteiger partial charge in [-0.05, 0) is 30.9 Å². The maximum atomic E-state index is 13.1. The summed E-state index contributed by atoms with van der Waals surface area (Å²) in [6.45, 7) is 2.78. The predicted octanol–water partition coefficient (Wildman–Crippen LogP) is 2.66. The predicted molar refractivity (Wildman–Crippen MR) is 70.3 cm³/mol. The maximum Gasteiger partial charge on any atom is 0.222 e. The van der Waals surface area contributed by atoms with Gasteiger partial charge in [-0.15, -0.1) is 0 Å². The van der Waals surface area contributed by atoms with Crippen LogP contribution in [0.2, 0.25) is 0 Å². The van der Waals surface area contributed by atoms with Crippen LogP contribution in [0.1, 0.15) is 36.5 Å². The molecular formula is C15H18FNO2. The minimum atomic E-state index is -0.429. The molecule has 2 rings (SSSR count). The Labute approximate surface area is 112 Å². The number of nitrogens with zero attached hydrogens (tertiary/aromatic N) is 1. The van der Waals surface area contributed by atoms with Gasteiger partial charge < -0.3 is 4.90 Å². The van der Waals surface area contributed by atoms with Crippen LogP contribution in [0.5, 0.6) is 0 Å². The van der Waals surface area contributed by atoms with Crippen molar-refractivity contribution < 1.29 is 14.0 Å². The molecule has 1 aromatic rings. The molecule has 0 aliphatic carbocycles. The first-order valence-corrected chi connectivity index (χ1v) is 6.63. The normalized spacial score (nSPS) is 20.2. The van der Waals surface area contributed by atoms with Crippen molar-refractivity contribution >= 4 is 11.7 Å². The molecule has 1 atom stereocenters. The number of likely N-dealkylation sites (tertiary alicyclic amines) is 1. The summed E-state index contributed by atoms with van der Waals surface area (Å²) in [5, 5.41) is 0. The highest BCUT2D eigenvalue weighted by molar-refractivity contribution is 5.99. The number of amides is 1. The van der Waals surface area contributed by atoms with Gasteiger partial charge in [0.1, 0.15) is 5.82 Å². The summed E-state index contributed by atoms with van der Waals surface area (Å²) in [5.74, 6) is -0.101. The maximum absolute atomic E-state index is 13.1. The van der Waals surface area contributed by atoms with Crippen LogP contribution in [0, 0.1) is 11.7 Å². The van der Waals surface area contributed by atoms with Crippen LogP contribution in [0.3, 0.4) is 0 Å². The van der Waals surface area contributed by atoms with Gasteiger partial charge in [0.2, 0.25) is 5.91 Å². The number of carbonyl (C=O) groups excluding carboxylic acids is 2. The Bertz CT molecular complexity index is 487. The Balaban J connectivity index is 2.03. The fourth-order valence-electron chi connectivity index (χ4n) is 2.27. The largest absolute Gasteiger partial charge is 0.335 e. The lowest BCUT2D eigenvalue weighted by Crippen LogP contribution is -2.35. The molecule has 1 heterocycles. The van der Waals surface area contributed by atoms with Gasteiger partial charge in [-0.2, -0.15) is 0 Å². The molecule has 3 nitrogen and oxygen atoms in total. The average Bonchev–Trinajstić information content (AvgIpc) is 2.54. The molecule has 4 heteroatoms. The summed E-state index contributed by atoms with van der Waals surface area (Å²) in [6.07, 6.45) is 2.29. The first kappa shape index (κ1) is 13.7. The topological polar surface area (TPSA) is 37.4 Å². The number of benzene rings is 1. The molecule has 0 spiro atoms. The van der Waals surface area contributed by atoms with Crippen molar-refractivity contribution in [1.29, 1.82) is 0 Å². The van der Waals surface area contributed by atoms with E-state index in [2.05, 4.69) is 6.92 Å². The number of ketones is 1. The quantitative estimate of drug-likeness (QED) is 0.786. The molecule has 1 fully saturated rings. The number of rotatable bonds is 3. The van der Waals surface area contributed by atoms with E-state index in [0.29, 0.717) is 24.4 Å². The minimum absolute atomic E-state index is 0.0223. The van der Waals surface area contributed by atoms with E-state index in [4.69, 9.17) is 0 Å². The van der Waals surface area contributed by atoms with Gasteiger partial charge in [-0.25, -0.2) is 4.39 Å². The van der Waals surface area contributed by atoms with Gasteiger partial charge >= 0.3 is 0 Å². The van der Waals surface area contributed by atoms with Crippen LogP contribution < -0.4 is 0 Å². The second-order valence-corrected chi connectivity index (χ2v) is 5.18. The smallest absolute Gasteiger partial charge is 0.222 e. The van der Waals surface area contributed by atoms with Crippen molar-refractivity contribution in [3.63, 3.8) is 0 Å². The average molecular weight is 263 g/mol. The highest BCUT2D eigenvalue weighted by atomic mass is 19.1. The van der Waals surface area contributed by atoms with Gasteiger partial charge in [0.05, 0.1) is 6.54 Å². The fraction of sp³-hybridized carbons (Fsp3) is 0.467. The molecule has 1 saturated heterocycles. The first-order chi connectivity index (χ1) is 9.06. The van der Waals surface area contributed by atoms with Crippen LogP contribution in [-0.2, 0) is 4.79 Å². The molecule has 1 amide bonds. The second-order valence-electron chi connectivity index (χ2n) is 5.18.